The smallest absolute Gasteiger partial charge is 0.256 e. The van der Waals surface area contributed by atoms with Gasteiger partial charge in [0.15, 0.2) is 0 Å². The maximum atomic E-state index is 12.0. The second-order valence-electron chi connectivity index (χ2n) is 4.87. The van der Waals surface area contributed by atoms with Crippen LogP contribution in [0.4, 0.5) is 11.4 Å². The molecule has 0 unspecified atom stereocenters. The van der Waals surface area contributed by atoms with Crippen LogP contribution in [-0.2, 0) is 4.79 Å². The number of H-pyrrole nitrogens is 1. The van der Waals surface area contributed by atoms with Gasteiger partial charge >= 0.3 is 0 Å². The molecule has 19 heavy (non-hydrogen) atoms. The Morgan fingerprint density at radius 1 is 1.21 bits per heavy atom. The van der Waals surface area contributed by atoms with Crippen LogP contribution in [0.15, 0.2) is 24.3 Å². The molecule has 0 saturated carbocycles. The van der Waals surface area contributed by atoms with E-state index in [9.17, 15) is 4.79 Å². The number of carbonyl (C=O) groups is 1. The summed E-state index contributed by atoms with van der Waals surface area (Å²) in [4.78, 5) is 15.3. The molecule has 1 aliphatic rings. The molecule has 1 aromatic heterocycles. The van der Waals surface area contributed by atoms with E-state index in [1.54, 1.807) is 6.07 Å². The zero-order valence-electron chi connectivity index (χ0n) is 10.9. The molecule has 0 aliphatic carbocycles. The first-order chi connectivity index (χ1) is 9.04. The van der Waals surface area contributed by atoms with Crippen molar-refractivity contribution in [1.29, 1.82) is 0 Å². The molecule has 4 N–H and O–H groups in total. The molecule has 0 fully saturated rings. The number of aromatic nitrogens is 1. The molecular weight excluding hydrogens is 238 g/mol. The Morgan fingerprint density at radius 2 is 2.00 bits per heavy atom. The summed E-state index contributed by atoms with van der Waals surface area (Å²) in [6.45, 7) is 4.01. The monoisotopic (exact) mass is 253 g/mol. The Kier molecular flexibility index (Phi) is 2.45. The van der Waals surface area contributed by atoms with Crippen molar-refractivity contribution in [3.63, 3.8) is 0 Å². The molecule has 0 atom stereocenters. The van der Waals surface area contributed by atoms with Crippen molar-refractivity contribution in [2.45, 2.75) is 13.8 Å². The normalized spacial score (nSPS) is 15.7. The van der Waals surface area contributed by atoms with Crippen molar-refractivity contribution in [2.75, 3.05) is 11.1 Å². The third-order valence-corrected chi connectivity index (χ3v) is 3.30. The van der Waals surface area contributed by atoms with E-state index >= 15 is 0 Å². The molecule has 0 spiro atoms. The summed E-state index contributed by atoms with van der Waals surface area (Å²) < 4.78 is 0. The lowest BCUT2D eigenvalue weighted by molar-refractivity contribution is -0.110. The Bertz CT molecular complexity index is 710. The maximum Gasteiger partial charge on any atom is 0.256 e. The highest BCUT2D eigenvalue weighted by atomic mass is 16.2. The molecule has 96 valence electrons. The first-order valence-electron chi connectivity index (χ1n) is 6.14. The van der Waals surface area contributed by atoms with Crippen LogP contribution in [0, 0.1) is 13.8 Å². The van der Waals surface area contributed by atoms with Gasteiger partial charge in [-0.1, -0.05) is 0 Å². The van der Waals surface area contributed by atoms with Crippen LogP contribution in [-0.4, -0.2) is 10.9 Å². The average Bonchev–Trinajstić information content (AvgIpc) is 2.81. The number of hydrogen-bond donors (Lipinski definition) is 3. The van der Waals surface area contributed by atoms with E-state index in [1.807, 2.05) is 32.1 Å². The number of nitrogens with two attached hydrogens (primary N) is 1. The van der Waals surface area contributed by atoms with Gasteiger partial charge in [0.2, 0.25) is 0 Å². The second-order valence-corrected chi connectivity index (χ2v) is 4.87. The topological polar surface area (TPSA) is 70.9 Å². The van der Waals surface area contributed by atoms with Crippen LogP contribution < -0.4 is 11.1 Å². The number of rotatable bonds is 1. The molecule has 2 heterocycles. The molecule has 2 aromatic rings. The Balaban J connectivity index is 2.14. The molecule has 4 heteroatoms. The predicted molar refractivity (Wildman–Crippen MR) is 77.6 cm³/mol. The van der Waals surface area contributed by atoms with Crippen molar-refractivity contribution in [3.8, 4) is 0 Å². The number of hydrogen-bond acceptors (Lipinski definition) is 2. The van der Waals surface area contributed by atoms with Gasteiger partial charge in [-0.25, -0.2) is 0 Å². The Labute approximate surface area is 111 Å². The Morgan fingerprint density at radius 3 is 2.68 bits per heavy atom. The highest BCUT2D eigenvalue weighted by Crippen LogP contribution is 2.34. The summed E-state index contributed by atoms with van der Waals surface area (Å²) in [5.74, 6) is -0.0905. The number of aromatic amines is 1. The lowest BCUT2D eigenvalue weighted by Gasteiger charge is -2.00. The van der Waals surface area contributed by atoms with Crippen LogP contribution in [0.3, 0.4) is 0 Å². The van der Waals surface area contributed by atoms with E-state index in [-0.39, 0.29) is 5.91 Å². The predicted octanol–water partition coefficient (Wildman–Crippen LogP) is 2.71. The van der Waals surface area contributed by atoms with Gasteiger partial charge in [-0.2, -0.15) is 0 Å². The highest BCUT2D eigenvalue weighted by Gasteiger charge is 2.24. The molecule has 0 bridgehead atoms. The number of fused-ring (bicyclic) bond motifs is 1. The zero-order chi connectivity index (χ0) is 13.6. The lowest BCUT2D eigenvalue weighted by Crippen LogP contribution is -2.03. The summed E-state index contributed by atoms with van der Waals surface area (Å²) in [5.41, 5.74) is 11.9. The number of nitrogens with one attached hydrogen (secondary N) is 2. The summed E-state index contributed by atoms with van der Waals surface area (Å²) >= 11 is 0. The molecule has 3 rings (SSSR count). The van der Waals surface area contributed by atoms with E-state index < -0.39 is 0 Å². The van der Waals surface area contributed by atoms with E-state index in [1.165, 1.54) is 0 Å². The minimum Gasteiger partial charge on any atom is -0.399 e. The second kappa shape index (κ2) is 4.02. The van der Waals surface area contributed by atoms with Gasteiger partial charge in [-0.05, 0) is 49.8 Å². The number of amides is 1. The quantitative estimate of drug-likeness (QED) is 0.540. The van der Waals surface area contributed by atoms with Gasteiger partial charge in [-0.15, -0.1) is 0 Å². The summed E-state index contributed by atoms with van der Waals surface area (Å²) in [6, 6.07) is 7.49. The minimum absolute atomic E-state index is 0.0905. The van der Waals surface area contributed by atoms with E-state index in [2.05, 4.69) is 16.4 Å². The molecule has 0 radical (unpaired) electrons. The van der Waals surface area contributed by atoms with Crippen LogP contribution in [0.2, 0.25) is 0 Å². The highest BCUT2D eigenvalue weighted by molar-refractivity contribution is 6.35. The Hall–Kier alpha value is -2.49. The summed E-state index contributed by atoms with van der Waals surface area (Å²) in [6.07, 6.45) is 1.88. The SMILES string of the molecule is Cc1cc(C)c(C=C2C(=O)Nc3ccc(N)cc32)[nH]1. The number of carbonyl (C=O) groups excluding carboxylic acids is 1. The van der Waals surface area contributed by atoms with Crippen molar-refractivity contribution in [3.05, 3.63) is 46.8 Å². The van der Waals surface area contributed by atoms with Crippen molar-refractivity contribution < 1.29 is 4.79 Å². The fourth-order valence-electron chi connectivity index (χ4n) is 2.39. The molecular formula is C15H15N3O. The number of benzene rings is 1. The van der Waals surface area contributed by atoms with E-state index in [0.717, 1.165) is 28.2 Å². The largest absolute Gasteiger partial charge is 0.399 e. The minimum atomic E-state index is -0.0905. The number of anilines is 2. The third-order valence-electron chi connectivity index (χ3n) is 3.30. The third kappa shape index (κ3) is 1.91. The van der Waals surface area contributed by atoms with Crippen LogP contribution >= 0.6 is 0 Å². The maximum absolute atomic E-state index is 12.0. The van der Waals surface area contributed by atoms with E-state index in [4.69, 9.17) is 5.73 Å². The molecule has 1 aliphatic heterocycles. The van der Waals surface area contributed by atoms with Crippen LogP contribution in [0.1, 0.15) is 22.5 Å². The first kappa shape index (κ1) is 11.6. The van der Waals surface area contributed by atoms with Gasteiger partial charge in [-0.3, -0.25) is 4.79 Å². The fraction of sp³-hybridized carbons (Fsp3) is 0.133. The standard InChI is InChI=1S/C15H15N3O/c1-8-5-9(2)17-14(8)7-12-11-6-10(16)3-4-13(11)18-15(12)19/h3-7,17H,16H2,1-2H3,(H,18,19). The van der Waals surface area contributed by atoms with E-state index in [0.29, 0.717) is 11.3 Å². The number of nitrogen functional groups attached to an aromatic ring is 1. The van der Waals surface area contributed by atoms with Crippen LogP contribution in [0.5, 0.6) is 0 Å². The average molecular weight is 253 g/mol. The van der Waals surface area contributed by atoms with Gasteiger partial charge in [0, 0.05) is 28.3 Å². The lowest BCUT2D eigenvalue weighted by atomic mass is 10.0. The molecule has 1 aromatic carbocycles. The van der Waals surface area contributed by atoms with Gasteiger partial charge in [0.05, 0.1) is 5.57 Å². The molecule has 1 amide bonds. The fourth-order valence-corrected chi connectivity index (χ4v) is 2.39. The van der Waals surface area contributed by atoms with Crippen molar-refractivity contribution in [1.82, 2.24) is 4.98 Å². The van der Waals surface area contributed by atoms with Gasteiger partial charge in [0.1, 0.15) is 0 Å². The first-order valence-corrected chi connectivity index (χ1v) is 6.14. The number of aryl methyl sites for hydroxylation is 2. The summed E-state index contributed by atoms with van der Waals surface area (Å²) in [5, 5.41) is 2.84. The zero-order valence-corrected chi connectivity index (χ0v) is 10.9. The van der Waals surface area contributed by atoms with Crippen molar-refractivity contribution in [2.24, 2.45) is 0 Å². The van der Waals surface area contributed by atoms with Gasteiger partial charge < -0.3 is 16.0 Å². The van der Waals surface area contributed by atoms with Gasteiger partial charge in [0.25, 0.3) is 5.91 Å². The van der Waals surface area contributed by atoms with Crippen LogP contribution in [0.25, 0.3) is 11.6 Å². The molecule has 4 nitrogen and oxygen atoms in total. The summed E-state index contributed by atoms with van der Waals surface area (Å²) in [7, 11) is 0. The molecule has 0 saturated heterocycles. The van der Waals surface area contributed by atoms with Crippen molar-refractivity contribution >= 4 is 28.9 Å².